The average Bonchev–Trinajstić information content (AvgIpc) is 2.28. The van der Waals surface area contributed by atoms with Crippen LogP contribution in [0.25, 0.3) is 0 Å². The zero-order valence-electron chi connectivity index (χ0n) is 8.80. The molecule has 0 radical (unpaired) electrons. The van der Waals surface area contributed by atoms with Crippen LogP contribution in [0.3, 0.4) is 0 Å². The van der Waals surface area contributed by atoms with Crippen molar-refractivity contribution in [2.75, 3.05) is 11.5 Å². The minimum atomic E-state index is -3.47. The molecule has 0 heterocycles. The van der Waals surface area contributed by atoms with Crippen molar-refractivity contribution in [1.82, 2.24) is 0 Å². The molecular weight excluding hydrogens is 250 g/mol. The Balaban J connectivity index is 2.94. The molecule has 1 aromatic carbocycles. The number of alkyl halides is 1. The topological polar surface area (TPSA) is 80.4 Å². The summed E-state index contributed by atoms with van der Waals surface area (Å²) < 4.78 is 21.6. The molecule has 6 heteroatoms. The standard InChI is InChI=1S/C10H14ClNO3S/c1-2-16(14,15)10(11)9(13)7-3-5-8(12)6-4-7/h3-6,9-10,13H,2,12H2,1H3. The van der Waals surface area contributed by atoms with Crippen molar-refractivity contribution < 1.29 is 13.5 Å². The van der Waals surface area contributed by atoms with Crippen molar-refractivity contribution in [3.8, 4) is 0 Å². The Kier molecular flexibility index (Phi) is 4.18. The molecule has 0 spiro atoms. The maximum Gasteiger partial charge on any atom is 0.169 e. The first-order valence-electron chi connectivity index (χ1n) is 4.77. The summed E-state index contributed by atoms with van der Waals surface area (Å²) in [5.41, 5.74) is 6.46. The number of halogens is 1. The van der Waals surface area contributed by atoms with Crippen LogP contribution >= 0.6 is 11.6 Å². The fourth-order valence-electron chi connectivity index (χ4n) is 1.20. The van der Waals surface area contributed by atoms with Gasteiger partial charge < -0.3 is 10.8 Å². The summed E-state index contributed by atoms with van der Waals surface area (Å²) in [4.78, 5) is 0. The van der Waals surface area contributed by atoms with Crippen LogP contribution in [0.1, 0.15) is 18.6 Å². The molecule has 2 unspecified atom stereocenters. The van der Waals surface area contributed by atoms with Crippen LogP contribution in [0.2, 0.25) is 0 Å². The molecule has 1 rings (SSSR count). The van der Waals surface area contributed by atoms with E-state index in [9.17, 15) is 13.5 Å². The number of aliphatic hydroxyl groups excluding tert-OH is 1. The normalized spacial score (nSPS) is 15.7. The predicted octanol–water partition coefficient (Wildman–Crippen LogP) is 1.30. The molecule has 1 aromatic rings. The zero-order valence-corrected chi connectivity index (χ0v) is 10.4. The fraction of sp³-hybridized carbons (Fsp3) is 0.400. The number of sulfone groups is 1. The van der Waals surface area contributed by atoms with Crippen molar-refractivity contribution >= 4 is 27.1 Å². The third-order valence-electron chi connectivity index (χ3n) is 2.27. The second-order valence-electron chi connectivity index (χ2n) is 3.41. The molecule has 0 aliphatic heterocycles. The molecular formula is C10H14ClNO3S. The minimum absolute atomic E-state index is 0.104. The molecule has 0 fully saturated rings. The number of aliphatic hydroxyl groups is 1. The monoisotopic (exact) mass is 263 g/mol. The number of rotatable bonds is 4. The summed E-state index contributed by atoms with van der Waals surface area (Å²) in [5.74, 6) is -0.104. The lowest BCUT2D eigenvalue weighted by molar-refractivity contribution is 0.192. The molecule has 4 nitrogen and oxygen atoms in total. The maximum absolute atomic E-state index is 11.5. The van der Waals surface area contributed by atoms with Gasteiger partial charge in [-0.25, -0.2) is 8.42 Å². The van der Waals surface area contributed by atoms with E-state index in [0.717, 1.165) is 0 Å². The van der Waals surface area contributed by atoms with Gasteiger partial charge in [-0.2, -0.15) is 0 Å². The van der Waals surface area contributed by atoms with E-state index in [-0.39, 0.29) is 5.75 Å². The third kappa shape index (κ3) is 2.87. The number of hydrogen-bond donors (Lipinski definition) is 2. The van der Waals surface area contributed by atoms with Crippen LogP contribution in [0.5, 0.6) is 0 Å². The van der Waals surface area contributed by atoms with Gasteiger partial charge in [0.1, 0.15) is 6.10 Å². The first kappa shape index (κ1) is 13.3. The number of benzene rings is 1. The summed E-state index contributed by atoms with van der Waals surface area (Å²) in [6, 6.07) is 6.28. The molecule has 0 bridgehead atoms. The summed E-state index contributed by atoms with van der Waals surface area (Å²) in [6.07, 6.45) is -1.24. The molecule has 0 aliphatic rings. The Hall–Kier alpha value is -0.780. The zero-order chi connectivity index (χ0) is 12.3. The van der Waals surface area contributed by atoms with Gasteiger partial charge in [-0.15, -0.1) is 11.6 Å². The number of nitrogens with two attached hydrogens (primary N) is 1. The summed E-state index contributed by atoms with van der Waals surface area (Å²) in [5, 5.41) is 9.79. The van der Waals surface area contributed by atoms with Gasteiger partial charge in [0.05, 0.1) is 0 Å². The van der Waals surface area contributed by atoms with E-state index in [0.29, 0.717) is 11.3 Å². The number of hydrogen-bond acceptors (Lipinski definition) is 4. The molecule has 0 saturated carbocycles. The highest BCUT2D eigenvalue weighted by molar-refractivity contribution is 7.93. The Morgan fingerprint density at radius 1 is 1.38 bits per heavy atom. The SMILES string of the molecule is CCS(=O)(=O)C(Cl)C(O)c1ccc(N)cc1. The van der Waals surface area contributed by atoms with Gasteiger partial charge in [0.15, 0.2) is 14.5 Å². The molecule has 0 saturated heterocycles. The van der Waals surface area contributed by atoms with Crippen molar-refractivity contribution in [2.45, 2.75) is 17.7 Å². The van der Waals surface area contributed by atoms with Gasteiger partial charge in [-0.05, 0) is 17.7 Å². The van der Waals surface area contributed by atoms with E-state index >= 15 is 0 Å². The van der Waals surface area contributed by atoms with Crippen LogP contribution in [0.15, 0.2) is 24.3 Å². The van der Waals surface area contributed by atoms with Crippen LogP contribution < -0.4 is 5.73 Å². The van der Waals surface area contributed by atoms with Gasteiger partial charge >= 0.3 is 0 Å². The van der Waals surface area contributed by atoms with Crippen LogP contribution in [-0.2, 0) is 9.84 Å². The van der Waals surface area contributed by atoms with Gasteiger partial charge in [0.2, 0.25) is 0 Å². The Labute approximate surface area is 100.0 Å². The van der Waals surface area contributed by atoms with E-state index < -0.39 is 20.7 Å². The first-order valence-corrected chi connectivity index (χ1v) is 6.93. The molecule has 0 amide bonds. The Bertz CT molecular complexity index is 444. The Morgan fingerprint density at radius 2 is 1.88 bits per heavy atom. The number of anilines is 1. The van der Waals surface area contributed by atoms with Crippen molar-refractivity contribution in [3.05, 3.63) is 29.8 Å². The van der Waals surface area contributed by atoms with Gasteiger partial charge in [0, 0.05) is 11.4 Å². The highest BCUT2D eigenvalue weighted by Gasteiger charge is 2.29. The van der Waals surface area contributed by atoms with Crippen molar-refractivity contribution in [3.63, 3.8) is 0 Å². The summed E-state index contributed by atoms with van der Waals surface area (Å²) in [7, 11) is -3.47. The van der Waals surface area contributed by atoms with Crippen LogP contribution in [0.4, 0.5) is 5.69 Å². The van der Waals surface area contributed by atoms with Crippen LogP contribution in [-0.4, -0.2) is 24.0 Å². The quantitative estimate of drug-likeness (QED) is 0.634. The fourth-order valence-corrected chi connectivity index (χ4v) is 2.59. The summed E-state index contributed by atoms with van der Waals surface area (Å²) in [6.45, 7) is 1.49. The van der Waals surface area contributed by atoms with E-state index in [2.05, 4.69) is 0 Å². The average molecular weight is 264 g/mol. The van der Waals surface area contributed by atoms with Gasteiger partial charge in [-0.1, -0.05) is 19.1 Å². The molecule has 3 N–H and O–H groups in total. The Morgan fingerprint density at radius 3 is 2.31 bits per heavy atom. The molecule has 0 aromatic heterocycles. The summed E-state index contributed by atoms with van der Waals surface area (Å²) >= 11 is 5.73. The highest BCUT2D eigenvalue weighted by atomic mass is 35.5. The lowest BCUT2D eigenvalue weighted by Gasteiger charge is -2.17. The smallest absolute Gasteiger partial charge is 0.169 e. The van der Waals surface area contributed by atoms with E-state index in [1.54, 1.807) is 24.3 Å². The van der Waals surface area contributed by atoms with E-state index in [1.165, 1.54) is 6.92 Å². The maximum atomic E-state index is 11.5. The second-order valence-corrected chi connectivity index (χ2v) is 6.55. The van der Waals surface area contributed by atoms with Crippen molar-refractivity contribution in [1.29, 1.82) is 0 Å². The molecule has 16 heavy (non-hydrogen) atoms. The largest absolute Gasteiger partial charge is 0.399 e. The predicted molar refractivity (Wildman–Crippen MR) is 64.9 cm³/mol. The lowest BCUT2D eigenvalue weighted by atomic mass is 10.1. The van der Waals surface area contributed by atoms with Gasteiger partial charge in [-0.3, -0.25) is 0 Å². The number of nitrogen functional groups attached to an aromatic ring is 1. The van der Waals surface area contributed by atoms with E-state index in [4.69, 9.17) is 17.3 Å². The van der Waals surface area contributed by atoms with Crippen molar-refractivity contribution in [2.24, 2.45) is 0 Å². The lowest BCUT2D eigenvalue weighted by Crippen LogP contribution is -2.24. The first-order chi connectivity index (χ1) is 7.38. The van der Waals surface area contributed by atoms with E-state index in [1.807, 2.05) is 0 Å². The minimum Gasteiger partial charge on any atom is -0.399 e. The third-order valence-corrected chi connectivity index (χ3v) is 5.07. The highest BCUT2D eigenvalue weighted by Crippen LogP contribution is 2.26. The van der Waals surface area contributed by atoms with Gasteiger partial charge in [0.25, 0.3) is 0 Å². The molecule has 0 aliphatic carbocycles. The van der Waals surface area contributed by atoms with Crippen LogP contribution in [0, 0.1) is 0 Å². The second kappa shape index (κ2) is 5.03. The molecule has 2 atom stereocenters. The molecule has 90 valence electrons.